The van der Waals surface area contributed by atoms with Crippen molar-refractivity contribution in [1.29, 1.82) is 0 Å². The summed E-state index contributed by atoms with van der Waals surface area (Å²) in [5.74, 6) is -2.02. The van der Waals surface area contributed by atoms with Crippen molar-refractivity contribution >= 4 is 17.8 Å². The van der Waals surface area contributed by atoms with Crippen LogP contribution in [0.4, 0.5) is 0 Å². The highest BCUT2D eigenvalue weighted by molar-refractivity contribution is 5.85. The van der Waals surface area contributed by atoms with Gasteiger partial charge in [-0.3, -0.25) is 9.59 Å². The Bertz CT molecular complexity index is 317. The number of hydrogen-bond acceptors (Lipinski definition) is 6. The first kappa shape index (κ1) is 17.4. The second kappa shape index (κ2) is 9.32. The summed E-state index contributed by atoms with van der Waals surface area (Å²) in [5.41, 5.74) is 0. The third kappa shape index (κ3) is 6.76. The van der Waals surface area contributed by atoms with E-state index in [0.29, 0.717) is 6.61 Å². The van der Waals surface area contributed by atoms with Gasteiger partial charge in [-0.15, -0.1) is 0 Å². The minimum absolute atomic E-state index is 0.108. The van der Waals surface area contributed by atoms with Crippen molar-refractivity contribution < 1.29 is 28.6 Å². The largest absolute Gasteiger partial charge is 0.469 e. The molecular formula is C12H21NO6. The molecule has 1 amide bonds. The second-order valence-corrected chi connectivity index (χ2v) is 3.94. The highest BCUT2D eigenvalue weighted by atomic mass is 16.5. The van der Waals surface area contributed by atoms with Gasteiger partial charge in [0, 0.05) is 6.61 Å². The predicted octanol–water partition coefficient (Wildman–Crippen LogP) is -0.120. The Kier molecular flexibility index (Phi) is 8.52. The summed E-state index contributed by atoms with van der Waals surface area (Å²) in [7, 11) is 2.48. The smallest absolute Gasteiger partial charge is 0.328 e. The van der Waals surface area contributed by atoms with Crippen LogP contribution in [0.2, 0.25) is 0 Å². The fourth-order valence-corrected chi connectivity index (χ4v) is 1.44. The van der Waals surface area contributed by atoms with Crippen molar-refractivity contribution in [2.75, 3.05) is 27.4 Å². The number of ether oxygens (including phenoxy) is 3. The number of methoxy groups -OCH3 is 2. The summed E-state index contributed by atoms with van der Waals surface area (Å²) in [5, 5.41) is 2.47. The number of hydrogen-bond donors (Lipinski definition) is 1. The van der Waals surface area contributed by atoms with Crippen LogP contribution in [-0.2, 0) is 28.6 Å². The average molecular weight is 275 g/mol. The zero-order valence-corrected chi connectivity index (χ0v) is 11.7. The lowest BCUT2D eigenvalue weighted by atomic mass is 10.0. The van der Waals surface area contributed by atoms with E-state index in [1.165, 1.54) is 14.2 Å². The Labute approximate surface area is 112 Å². The quantitative estimate of drug-likeness (QED) is 0.621. The summed E-state index contributed by atoms with van der Waals surface area (Å²) in [4.78, 5) is 34.3. The molecule has 1 N–H and O–H groups in total. The van der Waals surface area contributed by atoms with Crippen LogP contribution in [0.25, 0.3) is 0 Å². The van der Waals surface area contributed by atoms with Gasteiger partial charge in [-0.05, 0) is 13.3 Å². The molecule has 0 saturated carbocycles. The summed E-state index contributed by atoms with van der Waals surface area (Å²) in [6, 6.07) is -0.896. The molecule has 2 atom stereocenters. The van der Waals surface area contributed by atoms with Gasteiger partial charge in [0.25, 0.3) is 0 Å². The molecule has 0 rings (SSSR count). The Hall–Kier alpha value is -1.63. The van der Waals surface area contributed by atoms with Gasteiger partial charge in [0.1, 0.15) is 12.6 Å². The zero-order valence-electron chi connectivity index (χ0n) is 11.7. The summed E-state index contributed by atoms with van der Waals surface area (Å²) < 4.78 is 14.1. The van der Waals surface area contributed by atoms with E-state index in [1.807, 2.05) is 0 Å². The van der Waals surface area contributed by atoms with Crippen LogP contribution in [0.5, 0.6) is 0 Å². The van der Waals surface area contributed by atoms with E-state index in [1.54, 1.807) is 13.8 Å². The average Bonchev–Trinajstić information content (AvgIpc) is 2.42. The van der Waals surface area contributed by atoms with Crippen LogP contribution in [0.1, 0.15) is 20.3 Å². The van der Waals surface area contributed by atoms with Gasteiger partial charge < -0.3 is 19.5 Å². The molecule has 7 heteroatoms. The van der Waals surface area contributed by atoms with Crippen LogP contribution >= 0.6 is 0 Å². The zero-order chi connectivity index (χ0) is 14.8. The van der Waals surface area contributed by atoms with E-state index in [4.69, 9.17) is 4.74 Å². The van der Waals surface area contributed by atoms with Gasteiger partial charge in [0.2, 0.25) is 5.91 Å². The molecule has 0 unspecified atom stereocenters. The van der Waals surface area contributed by atoms with E-state index >= 15 is 0 Å². The first-order chi connectivity index (χ1) is 8.96. The maximum Gasteiger partial charge on any atom is 0.328 e. The van der Waals surface area contributed by atoms with E-state index in [0.717, 1.165) is 0 Å². The molecule has 0 aromatic rings. The second-order valence-electron chi connectivity index (χ2n) is 3.94. The van der Waals surface area contributed by atoms with E-state index in [2.05, 4.69) is 14.8 Å². The Morgan fingerprint density at radius 1 is 1.11 bits per heavy atom. The number of nitrogens with one attached hydrogen (secondary N) is 1. The molecule has 0 heterocycles. The third-order valence-corrected chi connectivity index (χ3v) is 2.45. The third-order valence-electron chi connectivity index (χ3n) is 2.45. The molecule has 0 radical (unpaired) electrons. The first-order valence-electron chi connectivity index (χ1n) is 5.99. The molecule has 0 aliphatic heterocycles. The van der Waals surface area contributed by atoms with Crippen molar-refractivity contribution in [3.63, 3.8) is 0 Å². The van der Waals surface area contributed by atoms with Crippen molar-refractivity contribution in [3.05, 3.63) is 0 Å². The lowest BCUT2D eigenvalue weighted by Crippen LogP contribution is -2.44. The molecule has 19 heavy (non-hydrogen) atoms. The summed E-state index contributed by atoms with van der Waals surface area (Å²) in [6.45, 7) is 3.62. The number of esters is 2. The van der Waals surface area contributed by atoms with Gasteiger partial charge in [-0.2, -0.15) is 0 Å². The molecule has 0 aromatic heterocycles. The molecule has 0 fully saturated rings. The number of carbonyl (C=O) groups excluding carboxylic acids is 3. The highest BCUT2D eigenvalue weighted by Gasteiger charge is 2.27. The van der Waals surface area contributed by atoms with Crippen LogP contribution in [0.15, 0.2) is 0 Å². The van der Waals surface area contributed by atoms with Crippen LogP contribution in [0.3, 0.4) is 0 Å². The molecule has 0 bridgehead atoms. The molecule has 7 nitrogen and oxygen atoms in total. The van der Waals surface area contributed by atoms with Crippen molar-refractivity contribution in [1.82, 2.24) is 5.32 Å². The normalized spacial score (nSPS) is 13.3. The van der Waals surface area contributed by atoms with Crippen LogP contribution in [-0.4, -0.2) is 51.3 Å². The summed E-state index contributed by atoms with van der Waals surface area (Å²) in [6.07, 6.45) is 0.108. The number of amides is 1. The van der Waals surface area contributed by atoms with E-state index in [-0.39, 0.29) is 13.0 Å². The monoisotopic (exact) mass is 275 g/mol. The molecule has 0 aromatic carbocycles. The standard InChI is InChI=1S/C12H21NO6/c1-5-19-7-10(14)13-9(12(16)18-4)6-8(2)11(15)17-3/h8-9H,5-7H2,1-4H3,(H,13,14)/t8-,9-/m1/s1. The molecule has 0 aliphatic rings. The minimum atomic E-state index is -0.896. The van der Waals surface area contributed by atoms with Gasteiger partial charge in [-0.25, -0.2) is 4.79 Å². The van der Waals surface area contributed by atoms with Crippen molar-refractivity contribution in [3.8, 4) is 0 Å². The van der Waals surface area contributed by atoms with Gasteiger partial charge in [0.05, 0.1) is 20.1 Å². The highest BCUT2D eigenvalue weighted by Crippen LogP contribution is 2.09. The summed E-state index contributed by atoms with van der Waals surface area (Å²) >= 11 is 0. The van der Waals surface area contributed by atoms with Gasteiger partial charge in [0.15, 0.2) is 0 Å². The van der Waals surface area contributed by atoms with Crippen LogP contribution < -0.4 is 5.32 Å². The van der Waals surface area contributed by atoms with Crippen molar-refractivity contribution in [2.24, 2.45) is 5.92 Å². The number of rotatable bonds is 8. The lowest BCUT2D eigenvalue weighted by molar-refractivity contribution is -0.149. The Morgan fingerprint density at radius 2 is 1.68 bits per heavy atom. The molecular weight excluding hydrogens is 254 g/mol. The Morgan fingerprint density at radius 3 is 2.16 bits per heavy atom. The first-order valence-corrected chi connectivity index (χ1v) is 5.99. The SMILES string of the molecule is CCOCC(=O)N[C@H](C[C@@H](C)C(=O)OC)C(=O)OC. The maximum absolute atomic E-state index is 11.5. The predicted molar refractivity (Wildman–Crippen MR) is 66.2 cm³/mol. The van der Waals surface area contributed by atoms with E-state index < -0.39 is 29.8 Å². The minimum Gasteiger partial charge on any atom is -0.469 e. The number of carbonyl (C=O) groups is 3. The molecule has 0 spiro atoms. The van der Waals surface area contributed by atoms with Gasteiger partial charge >= 0.3 is 11.9 Å². The molecule has 0 saturated heterocycles. The van der Waals surface area contributed by atoms with Gasteiger partial charge in [-0.1, -0.05) is 6.92 Å². The lowest BCUT2D eigenvalue weighted by Gasteiger charge is -2.19. The maximum atomic E-state index is 11.5. The fourth-order valence-electron chi connectivity index (χ4n) is 1.44. The molecule has 110 valence electrons. The van der Waals surface area contributed by atoms with Crippen LogP contribution in [0, 0.1) is 5.92 Å². The molecule has 0 aliphatic carbocycles. The Balaban J connectivity index is 4.51. The fraction of sp³-hybridized carbons (Fsp3) is 0.750. The topological polar surface area (TPSA) is 90.9 Å². The van der Waals surface area contributed by atoms with Crippen molar-refractivity contribution in [2.45, 2.75) is 26.3 Å². The van der Waals surface area contributed by atoms with E-state index in [9.17, 15) is 14.4 Å².